The van der Waals surface area contributed by atoms with Crippen molar-refractivity contribution in [3.05, 3.63) is 65.2 Å². The van der Waals surface area contributed by atoms with Gasteiger partial charge in [0.25, 0.3) is 15.9 Å². The summed E-state index contributed by atoms with van der Waals surface area (Å²) in [5.74, 6) is 0.0660. The van der Waals surface area contributed by atoms with Crippen LogP contribution in [0.1, 0.15) is 56.2 Å². The van der Waals surface area contributed by atoms with Crippen LogP contribution >= 0.6 is 0 Å². The minimum Gasteiger partial charge on any atom is -0.490 e. The van der Waals surface area contributed by atoms with Crippen LogP contribution in [-0.4, -0.2) is 77.4 Å². The van der Waals surface area contributed by atoms with Crippen molar-refractivity contribution in [1.29, 1.82) is 0 Å². The van der Waals surface area contributed by atoms with E-state index < -0.39 is 33.7 Å². The fourth-order valence-corrected chi connectivity index (χ4v) is 8.39. The van der Waals surface area contributed by atoms with E-state index in [2.05, 4.69) is 34.7 Å². The lowest BCUT2D eigenvalue weighted by Gasteiger charge is -2.46. The molecule has 6 rings (SSSR count). The van der Waals surface area contributed by atoms with Gasteiger partial charge in [0.15, 0.2) is 0 Å². The van der Waals surface area contributed by atoms with Gasteiger partial charge in [0.05, 0.1) is 23.8 Å². The Labute approximate surface area is 272 Å². The molecule has 1 fully saturated rings. The molecule has 2 aliphatic carbocycles. The van der Waals surface area contributed by atoms with E-state index in [0.29, 0.717) is 31.1 Å². The van der Waals surface area contributed by atoms with Crippen LogP contribution in [0.5, 0.6) is 5.75 Å². The molecule has 2 bridgehead atoms. The van der Waals surface area contributed by atoms with E-state index in [0.717, 1.165) is 32.1 Å². The number of hydrogen-bond donors (Lipinski definition) is 1. The smallest absolute Gasteiger partial charge is 0.409 e. The Morgan fingerprint density at radius 2 is 1.93 bits per heavy atom. The largest absolute Gasteiger partial charge is 0.490 e. The quantitative estimate of drug-likeness (QED) is 0.441. The summed E-state index contributed by atoms with van der Waals surface area (Å²) in [5, 5.41) is 0. The molecule has 1 spiro atoms. The molecule has 10 nitrogen and oxygen atoms in total. The summed E-state index contributed by atoms with van der Waals surface area (Å²) in [4.78, 5) is 29.6. The van der Waals surface area contributed by atoms with Gasteiger partial charge in [-0.05, 0) is 94.2 Å². The van der Waals surface area contributed by atoms with Gasteiger partial charge in [-0.15, -0.1) is 0 Å². The van der Waals surface area contributed by atoms with E-state index in [9.17, 15) is 18.0 Å². The van der Waals surface area contributed by atoms with Gasteiger partial charge in [-0.2, -0.15) is 0 Å². The van der Waals surface area contributed by atoms with Gasteiger partial charge in [0.2, 0.25) is 0 Å². The summed E-state index contributed by atoms with van der Waals surface area (Å²) in [5.41, 5.74) is 2.81. The van der Waals surface area contributed by atoms with Crippen LogP contribution in [-0.2, 0) is 36.1 Å². The topological polar surface area (TPSA) is 114 Å². The molecule has 0 aromatic heterocycles. The molecule has 2 aromatic carbocycles. The Kier molecular flexibility index (Phi) is 8.60. The molecule has 2 amide bonds. The molecule has 4 aliphatic rings. The van der Waals surface area contributed by atoms with E-state index in [1.807, 2.05) is 6.08 Å². The van der Waals surface area contributed by atoms with Crippen LogP contribution in [0, 0.1) is 18.8 Å². The number of nitrogens with zero attached hydrogens (tertiary/aromatic N) is 2. The molecule has 11 heteroatoms. The molecule has 248 valence electrons. The summed E-state index contributed by atoms with van der Waals surface area (Å²) in [7, 11) is -0.893. The van der Waals surface area contributed by atoms with Crippen LogP contribution in [0.25, 0.3) is 0 Å². The van der Waals surface area contributed by atoms with Gasteiger partial charge in [0.1, 0.15) is 17.5 Å². The zero-order chi connectivity index (χ0) is 32.9. The fraction of sp³-hybridized carbons (Fsp3) is 0.543. The van der Waals surface area contributed by atoms with Crippen LogP contribution in [0.3, 0.4) is 0 Å². The van der Waals surface area contributed by atoms with Crippen molar-refractivity contribution in [2.24, 2.45) is 11.8 Å². The van der Waals surface area contributed by atoms with Gasteiger partial charge in [-0.1, -0.05) is 29.8 Å². The van der Waals surface area contributed by atoms with Gasteiger partial charge in [-0.25, -0.2) is 17.9 Å². The Hall–Kier alpha value is -3.57. The summed E-state index contributed by atoms with van der Waals surface area (Å²) in [6, 6.07) is 11.5. The normalized spacial score (nSPS) is 29.1. The lowest BCUT2D eigenvalue weighted by molar-refractivity contribution is -0.139. The second-order valence-corrected chi connectivity index (χ2v) is 15.7. The zero-order valence-corrected chi connectivity index (χ0v) is 28.2. The average molecular weight is 652 g/mol. The maximum Gasteiger partial charge on any atom is 0.409 e. The molecule has 2 heterocycles. The van der Waals surface area contributed by atoms with Crippen molar-refractivity contribution in [3.8, 4) is 5.75 Å². The molecule has 0 radical (unpaired) electrons. The van der Waals surface area contributed by atoms with Crippen LogP contribution in [0.2, 0.25) is 0 Å². The van der Waals surface area contributed by atoms with E-state index in [1.54, 1.807) is 32.3 Å². The lowest BCUT2D eigenvalue weighted by Crippen LogP contribution is -2.50. The maximum absolute atomic E-state index is 13.6. The Morgan fingerprint density at radius 3 is 2.67 bits per heavy atom. The summed E-state index contributed by atoms with van der Waals surface area (Å²) in [6.07, 6.45) is 7.51. The predicted molar refractivity (Wildman–Crippen MR) is 175 cm³/mol. The highest BCUT2D eigenvalue weighted by molar-refractivity contribution is 7.90. The zero-order valence-electron chi connectivity index (χ0n) is 27.4. The highest BCUT2D eigenvalue weighted by Crippen LogP contribution is 2.47. The molecular weight excluding hydrogens is 606 g/mol. The number of carbonyl (C=O) groups excluding carboxylic acids is 2. The number of ether oxygens (including phenoxy) is 3. The molecule has 0 saturated heterocycles. The highest BCUT2D eigenvalue weighted by Gasteiger charge is 2.45. The predicted octanol–water partition coefficient (Wildman–Crippen LogP) is 4.73. The maximum atomic E-state index is 13.6. The van der Waals surface area contributed by atoms with Gasteiger partial charge in [0, 0.05) is 38.5 Å². The second kappa shape index (κ2) is 12.2. The summed E-state index contributed by atoms with van der Waals surface area (Å²) >= 11 is 0. The molecule has 0 unspecified atom stereocenters. The molecule has 1 saturated carbocycles. The van der Waals surface area contributed by atoms with Gasteiger partial charge >= 0.3 is 6.09 Å². The Bertz CT molecular complexity index is 1650. The van der Waals surface area contributed by atoms with Crippen molar-refractivity contribution in [1.82, 2.24) is 9.62 Å². The third kappa shape index (κ3) is 6.23. The number of sulfonamides is 1. The number of benzene rings is 2. The average Bonchev–Trinajstić information content (AvgIpc) is 3.13. The van der Waals surface area contributed by atoms with E-state index >= 15 is 0 Å². The third-order valence-electron chi connectivity index (χ3n) is 10.1. The molecule has 2 aromatic rings. The van der Waals surface area contributed by atoms with Crippen molar-refractivity contribution < 1.29 is 32.2 Å². The van der Waals surface area contributed by atoms with Crippen molar-refractivity contribution in [2.75, 3.05) is 45.3 Å². The monoisotopic (exact) mass is 651 g/mol. The Morgan fingerprint density at radius 1 is 1.13 bits per heavy atom. The molecule has 46 heavy (non-hydrogen) atoms. The number of amides is 2. The van der Waals surface area contributed by atoms with E-state index in [-0.39, 0.29) is 28.8 Å². The second-order valence-electron chi connectivity index (χ2n) is 14.0. The minimum atomic E-state index is -4.21. The molecule has 2 aliphatic heterocycles. The number of hydrogen-bond acceptors (Lipinski definition) is 8. The van der Waals surface area contributed by atoms with Crippen molar-refractivity contribution in [2.45, 2.75) is 74.9 Å². The number of anilines is 1. The van der Waals surface area contributed by atoms with Crippen LogP contribution < -0.4 is 14.4 Å². The number of nitrogens with one attached hydrogen (secondary N) is 1. The lowest BCUT2D eigenvalue weighted by atomic mass is 9.68. The minimum absolute atomic E-state index is 0.0189. The molecule has 4 atom stereocenters. The summed E-state index contributed by atoms with van der Waals surface area (Å²) in [6.45, 7) is 6.95. The number of aryl methyl sites for hydroxylation is 2. The molecule has 1 N–H and O–H groups in total. The van der Waals surface area contributed by atoms with Gasteiger partial charge in [-0.3, -0.25) is 4.79 Å². The van der Waals surface area contributed by atoms with E-state index in [4.69, 9.17) is 14.2 Å². The number of rotatable bonds is 1. The third-order valence-corrected chi connectivity index (χ3v) is 11.4. The first-order chi connectivity index (χ1) is 21.8. The Balaban J connectivity index is 1.44. The summed E-state index contributed by atoms with van der Waals surface area (Å²) < 4.78 is 47.7. The van der Waals surface area contributed by atoms with Crippen LogP contribution in [0.4, 0.5) is 10.5 Å². The van der Waals surface area contributed by atoms with Crippen molar-refractivity contribution in [3.63, 3.8) is 0 Å². The van der Waals surface area contributed by atoms with Crippen molar-refractivity contribution >= 4 is 27.7 Å². The SMILES string of the molecule is Cc1ccc2c(c1)CCC[C@]21COc2ccc3cc2N(C[C@@H]2CC[C@H]2[C@@H](OC(=O)N(C)C)/C=C/COC(C)(C)C(=O)NS3(=O)=O)C1. The standard InChI is InChI=1S/C35H45N3O7S/c1-23-10-14-28-24(18-23)8-6-16-35(28)21-38-20-25-11-13-27(25)30(45-33(40)37(4)5)9-7-17-44-34(2,3)32(39)36-46(41,42)26-12-15-31(43-22-35)29(38)19-26/h7,9-10,12,14-15,18-19,25,27,30H,6,8,11,13,16-17,20-22H2,1-5H3,(H,36,39)/b9-7+/t25-,27+,30-,35-/m0/s1. The number of fused-ring (bicyclic) bond motifs is 4. The first-order valence-corrected chi connectivity index (χ1v) is 17.6. The number of carbonyl (C=O) groups is 2. The van der Waals surface area contributed by atoms with Gasteiger partial charge < -0.3 is 24.0 Å². The first kappa shape index (κ1) is 32.4. The highest BCUT2D eigenvalue weighted by atomic mass is 32.2. The van der Waals surface area contributed by atoms with Crippen LogP contribution in [0.15, 0.2) is 53.4 Å². The fourth-order valence-electron chi connectivity index (χ4n) is 7.27. The molecular formula is C35H45N3O7S. The van der Waals surface area contributed by atoms with E-state index in [1.165, 1.54) is 41.5 Å². The first-order valence-electron chi connectivity index (χ1n) is 16.2.